The maximum atomic E-state index is 12.5. The average molecular weight is 499 g/mol. The zero-order valence-corrected chi connectivity index (χ0v) is 22.6. The molecule has 0 saturated heterocycles. The number of rotatable bonds is 10. The maximum Gasteiger partial charge on any atom is 0.409 e. The molecule has 34 heavy (non-hydrogen) atoms. The second kappa shape index (κ2) is 11.8. The highest BCUT2D eigenvalue weighted by molar-refractivity contribution is 6.74. The predicted octanol–water partition coefficient (Wildman–Crippen LogP) is 4.92. The van der Waals surface area contributed by atoms with Gasteiger partial charge in [-0.2, -0.15) is 0 Å². The smallest absolute Gasteiger partial charge is 0.409 e. The summed E-state index contributed by atoms with van der Waals surface area (Å²) in [5.41, 5.74) is -0.280. The minimum absolute atomic E-state index is 0.0344. The molecule has 1 aromatic carbocycles. The number of nitrogens with one attached hydrogen (secondary N) is 1. The number of carbonyl (C=O) groups excluding carboxylic acids is 2. The van der Waals surface area contributed by atoms with Gasteiger partial charge in [-0.05, 0) is 44.5 Å². The van der Waals surface area contributed by atoms with Crippen molar-refractivity contribution in [2.45, 2.75) is 90.6 Å². The lowest BCUT2D eigenvalue weighted by Crippen LogP contribution is -2.52. The Hall–Kier alpha value is -2.50. The highest BCUT2D eigenvalue weighted by Crippen LogP contribution is 2.37. The molecule has 1 rings (SSSR count). The largest absolute Gasteiger partial charge is 0.467 e. The number of benzene rings is 1. The molecule has 0 aromatic heterocycles. The van der Waals surface area contributed by atoms with E-state index in [0.717, 1.165) is 0 Å². The number of hydrogen-bond acceptors (Lipinski definition) is 8. The molecule has 1 unspecified atom stereocenters. The fourth-order valence-corrected chi connectivity index (χ4v) is 3.84. The molecule has 0 spiro atoms. The molecule has 1 aromatic rings. The van der Waals surface area contributed by atoms with E-state index >= 15 is 0 Å². The van der Waals surface area contributed by atoms with Gasteiger partial charge in [0, 0.05) is 18.6 Å². The Bertz CT molecular complexity index is 861. The summed E-state index contributed by atoms with van der Waals surface area (Å²) in [6.07, 6.45) is -2.69. The van der Waals surface area contributed by atoms with Gasteiger partial charge in [-0.25, -0.2) is 9.59 Å². The average Bonchev–Trinajstić information content (AvgIpc) is 2.67. The van der Waals surface area contributed by atoms with Crippen molar-refractivity contribution in [1.29, 1.82) is 0 Å². The van der Waals surface area contributed by atoms with Crippen LogP contribution in [0.2, 0.25) is 18.1 Å². The Morgan fingerprint density at radius 1 is 1.15 bits per heavy atom. The number of ether oxygens (including phenoxy) is 3. The minimum atomic E-state index is -2.37. The van der Waals surface area contributed by atoms with Gasteiger partial charge < -0.3 is 18.6 Å². The SMILES string of the molecule is COC(=O)[C@H](CC(NC(=O)OC(C)(C)C)O[Si](C)(C)C(C)(C)C)OCc1cccc([N+](=O)[O-])c1. The van der Waals surface area contributed by atoms with Crippen LogP contribution in [-0.4, -0.2) is 50.3 Å². The summed E-state index contributed by atoms with van der Waals surface area (Å²) in [6.45, 7) is 15.4. The third-order valence-electron chi connectivity index (χ3n) is 5.39. The van der Waals surface area contributed by atoms with E-state index in [0.29, 0.717) is 5.56 Å². The lowest BCUT2D eigenvalue weighted by atomic mass is 10.2. The molecule has 192 valence electrons. The monoisotopic (exact) mass is 498 g/mol. The highest BCUT2D eigenvalue weighted by Gasteiger charge is 2.41. The second-order valence-electron chi connectivity index (χ2n) is 10.5. The van der Waals surface area contributed by atoms with Gasteiger partial charge in [-0.1, -0.05) is 32.9 Å². The summed E-state index contributed by atoms with van der Waals surface area (Å²) in [7, 11) is -1.13. The van der Waals surface area contributed by atoms with Gasteiger partial charge in [0.25, 0.3) is 5.69 Å². The normalized spacial score (nSPS) is 14.1. The fraction of sp³-hybridized carbons (Fsp3) is 0.652. The predicted molar refractivity (Wildman–Crippen MR) is 130 cm³/mol. The maximum absolute atomic E-state index is 12.5. The van der Waals surface area contributed by atoms with Crippen molar-refractivity contribution in [2.24, 2.45) is 0 Å². The van der Waals surface area contributed by atoms with E-state index in [1.165, 1.54) is 25.3 Å². The van der Waals surface area contributed by atoms with Crippen molar-refractivity contribution in [3.63, 3.8) is 0 Å². The van der Waals surface area contributed by atoms with Crippen molar-refractivity contribution in [1.82, 2.24) is 5.32 Å². The molecule has 1 amide bonds. The van der Waals surface area contributed by atoms with Crippen LogP contribution in [0.5, 0.6) is 0 Å². The first-order valence-electron chi connectivity index (χ1n) is 11.1. The molecule has 0 radical (unpaired) electrons. The Labute approximate surface area is 202 Å². The summed E-state index contributed by atoms with van der Waals surface area (Å²) in [5.74, 6) is -0.653. The fourth-order valence-electron chi connectivity index (χ4n) is 2.62. The van der Waals surface area contributed by atoms with Crippen LogP contribution in [0.1, 0.15) is 53.5 Å². The van der Waals surface area contributed by atoms with Crippen LogP contribution >= 0.6 is 0 Å². The van der Waals surface area contributed by atoms with Gasteiger partial charge in [0.1, 0.15) is 11.8 Å². The van der Waals surface area contributed by atoms with E-state index < -0.39 is 43.2 Å². The topological polar surface area (TPSA) is 126 Å². The van der Waals surface area contributed by atoms with Crippen molar-refractivity contribution in [2.75, 3.05) is 7.11 Å². The van der Waals surface area contributed by atoms with Crippen molar-refractivity contribution in [3.8, 4) is 0 Å². The number of methoxy groups -OCH3 is 1. The zero-order chi connectivity index (χ0) is 26.3. The zero-order valence-electron chi connectivity index (χ0n) is 21.6. The van der Waals surface area contributed by atoms with Gasteiger partial charge in [0.15, 0.2) is 14.4 Å². The van der Waals surface area contributed by atoms with Gasteiger partial charge in [-0.3, -0.25) is 15.4 Å². The molecule has 0 heterocycles. The Balaban J connectivity index is 3.10. The van der Waals surface area contributed by atoms with Crippen LogP contribution < -0.4 is 5.32 Å². The number of amides is 1. The molecule has 11 heteroatoms. The van der Waals surface area contributed by atoms with Crippen LogP contribution in [-0.2, 0) is 30.0 Å². The van der Waals surface area contributed by atoms with Crippen LogP contribution in [0.15, 0.2) is 24.3 Å². The van der Waals surface area contributed by atoms with Gasteiger partial charge in [0.2, 0.25) is 0 Å². The van der Waals surface area contributed by atoms with E-state index in [4.69, 9.17) is 18.6 Å². The first kappa shape index (κ1) is 29.5. The third-order valence-corrected chi connectivity index (χ3v) is 9.87. The molecular formula is C23H38N2O8Si. The number of esters is 1. The first-order valence-corrected chi connectivity index (χ1v) is 14.0. The molecule has 0 saturated carbocycles. The van der Waals surface area contributed by atoms with Crippen LogP contribution in [0.25, 0.3) is 0 Å². The summed E-state index contributed by atoms with van der Waals surface area (Å²) in [5, 5.41) is 13.6. The number of nitro benzene ring substituents is 1. The minimum Gasteiger partial charge on any atom is -0.467 e. The van der Waals surface area contributed by atoms with Gasteiger partial charge >= 0.3 is 12.1 Å². The van der Waals surface area contributed by atoms with Crippen molar-refractivity contribution in [3.05, 3.63) is 39.9 Å². The molecule has 2 atom stereocenters. The molecule has 10 nitrogen and oxygen atoms in total. The summed E-state index contributed by atoms with van der Waals surface area (Å²) in [4.78, 5) is 35.5. The van der Waals surface area contributed by atoms with E-state index in [9.17, 15) is 19.7 Å². The molecule has 0 aliphatic carbocycles. The van der Waals surface area contributed by atoms with E-state index in [1.54, 1.807) is 26.8 Å². The lowest BCUT2D eigenvalue weighted by Gasteiger charge is -2.40. The van der Waals surface area contributed by atoms with Crippen LogP contribution in [0.3, 0.4) is 0 Å². The lowest BCUT2D eigenvalue weighted by molar-refractivity contribution is -0.385. The quantitative estimate of drug-likeness (QED) is 0.158. The molecule has 0 aliphatic heterocycles. The molecule has 0 fully saturated rings. The molecular weight excluding hydrogens is 460 g/mol. The number of non-ortho nitro benzene ring substituents is 1. The molecule has 0 bridgehead atoms. The number of nitro groups is 1. The summed E-state index contributed by atoms with van der Waals surface area (Å²) in [6, 6.07) is 5.94. The number of nitrogens with zero attached hydrogens (tertiary/aromatic N) is 1. The van der Waals surface area contributed by atoms with E-state index in [-0.39, 0.29) is 23.8 Å². The van der Waals surface area contributed by atoms with Crippen molar-refractivity contribution >= 4 is 26.1 Å². The van der Waals surface area contributed by atoms with Crippen LogP contribution in [0, 0.1) is 10.1 Å². The number of alkyl carbamates (subject to hydrolysis) is 1. The summed E-state index contributed by atoms with van der Waals surface area (Å²) < 4.78 is 22.4. The Kier molecular flexibility index (Phi) is 10.2. The number of hydrogen-bond donors (Lipinski definition) is 1. The Morgan fingerprint density at radius 2 is 1.76 bits per heavy atom. The third kappa shape index (κ3) is 9.78. The number of carbonyl (C=O) groups is 2. The van der Waals surface area contributed by atoms with Crippen LogP contribution in [0.4, 0.5) is 10.5 Å². The summed E-state index contributed by atoms with van der Waals surface area (Å²) >= 11 is 0. The molecule has 0 aliphatic rings. The van der Waals surface area contributed by atoms with E-state index in [1.807, 2.05) is 13.1 Å². The van der Waals surface area contributed by atoms with Crippen molar-refractivity contribution < 1.29 is 33.1 Å². The standard InChI is InChI=1S/C23H38N2O8Si/c1-22(2,3)32-21(27)24-19(33-34(8,9)23(4,5)6)14-18(20(26)30-7)31-15-16-11-10-12-17(13-16)25(28)29/h10-13,18-19H,14-15H2,1-9H3,(H,24,27)/t18-,19?/m0/s1. The van der Waals surface area contributed by atoms with Gasteiger partial charge in [0.05, 0.1) is 18.6 Å². The molecule has 1 N–H and O–H groups in total. The van der Waals surface area contributed by atoms with Gasteiger partial charge in [-0.15, -0.1) is 0 Å². The Morgan fingerprint density at radius 3 is 2.26 bits per heavy atom. The first-order chi connectivity index (χ1) is 15.4. The van der Waals surface area contributed by atoms with E-state index in [2.05, 4.69) is 26.1 Å². The highest BCUT2D eigenvalue weighted by atomic mass is 28.4. The second-order valence-corrected chi connectivity index (χ2v) is 15.3.